The first-order valence-corrected chi connectivity index (χ1v) is 23.2. The van der Waals surface area contributed by atoms with Crippen LogP contribution in [-0.2, 0) is 31.4 Å². The molecule has 0 aliphatic carbocycles. The smallest absolute Gasteiger partial charge is 0.463 e. The van der Waals surface area contributed by atoms with Gasteiger partial charge in [-0.25, -0.2) is 9.59 Å². The lowest BCUT2D eigenvalue weighted by molar-refractivity contribution is -0.312. The first-order chi connectivity index (χ1) is 15.7. The maximum atomic E-state index is 12.5. The lowest BCUT2D eigenvalue weighted by Crippen LogP contribution is -2.60. The van der Waals surface area contributed by atoms with E-state index in [4.69, 9.17) is 17.1 Å². The summed E-state index contributed by atoms with van der Waals surface area (Å²) in [5, 5.41) is 0. The van der Waals surface area contributed by atoms with Gasteiger partial charge in [-0.1, -0.05) is 0 Å². The molecule has 0 saturated carbocycles. The van der Waals surface area contributed by atoms with Crippen LogP contribution in [0.5, 0.6) is 0 Å². The molecule has 36 heavy (non-hydrogen) atoms. The quantitative estimate of drug-likeness (QED) is 0.0840. The summed E-state index contributed by atoms with van der Waals surface area (Å²) in [6, 6.07) is 0.337. The van der Waals surface area contributed by atoms with Crippen LogP contribution in [0.15, 0.2) is 12.2 Å². The van der Waals surface area contributed by atoms with Crippen molar-refractivity contribution in [2.75, 3.05) is 6.61 Å². The molecule has 0 aromatic carbocycles. The fourth-order valence-electron chi connectivity index (χ4n) is 2.74. The summed E-state index contributed by atoms with van der Waals surface area (Å²) in [4.78, 5) is 23.2. The molecule has 0 amide bonds. The number of carbonyl (C=O) groups is 2. The van der Waals surface area contributed by atoms with Crippen LogP contribution in [0.25, 0.3) is 0 Å². The van der Waals surface area contributed by atoms with E-state index in [0.717, 1.165) is 0 Å². The third-order valence-corrected chi connectivity index (χ3v) is 15.5. The van der Waals surface area contributed by atoms with Gasteiger partial charge in [0.1, 0.15) is 0 Å². The lowest BCUT2D eigenvalue weighted by atomic mass is 10.3. The summed E-state index contributed by atoms with van der Waals surface area (Å²) in [7, 11) is -9.52. The minimum Gasteiger partial charge on any atom is -0.463 e. The molecule has 17 heteroatoms. The van der Waals surface area contributed by atoms with Crippen molar-refractivity contribution in [2.45, 2.75) is 89.8 Å². The summed E-state index contributed by atoms with van der Waals surface area (Å²) >= 11 is 0. The number of rotatable bonds is 13. The second-order valence-corrected chi connectivity index (χ2v) is 27.8. The molecule has 0 radical (unpaired) electrons. The molecule has 212 valence electrons. The Labute approximate surface area is 212 Å². The van der Waals surface area contributed by atoms with Crippen molar-refractivity contribution in [1.82, 2.24) is 0 Å². The molecule has 0 aliphatic heterocycles. The van der Waals surface area contributed by atoms with Crippen LogP contribution < -0.4 is 0 Å². The summed E-state index contributed by atoms with van der Waals surface area (Å²) in [6.07, 6.45) is -15.2. The monoisotopic (exact) mass is 602 g/mol. The zero-order valence-electron chi connectivity index (χ0n) is 22.0. The first-order valence-electron chi connectivity index (χ1n) is 11.0. The van der Waals surface area contributed by atoms with Gasteiger partial charge in [-0.05, 0) is 65.3 Å². The van der Waals surface area contributed by atoms with Crippen molar-refractivity contribution in [1.29, 1.82) is 0 Å². The van der Waals surface area contributed by atoms with Crippen LogP contribution in [0.4, 0.5) is 26.3 Å². The van der Waals surface area contributed by atoms with Crippen molar-refractivity contribution >= 4 is 45.7 Å². The van der Waals surface area contributed by atoms with E-state index in [1.54, 1.807) is 0 Å². The molecular weight excluding hydrogens is 567 g/mol. The van der Waals surface area contributed by atoms with Crippen molar-refractivity contribution in [2.24, 2.45) is 0 Å². The third-order valence-electron chi connectivity index (χ3n) is 3.44. The Hall–Kier alpha value is -0.992. The second kappa shape index (κ2) is 12.7. The number of carbonyl (C=O) groups excluding carboxylic acids is 2. The molecular formula is C19H36F6O7Si4. The lowest BCUT2D eigenvalue weighted by Gasteiger charge is -2.42. The molecule has 0 spiro atoms. The Bertz CT molecular complexity index is 714. The van der Waals surface area contributed by atoms with Gasteiger partial charge in [-0.15, -0.1) is 0 Å². The number of hydrogen-bond acceptors (Lipinski definition) is 7. The van der Waals surface area contributed by atoms with Gasteiger partial charge < -0.3 is 21.8 Å². The predicted molar refractivity (Wildman–Crippen MR) is 131 cm³/mol. The van der Waals surface area contributed by atoms with Gasteiger partial charge in [0.15, 0.2) is 25.0 Å². The van der Waals surface area contributed by atoms with E-state index < -0.39 is 64.2 Å². The van der Waals surface area contributed by atoms with E-state index in [-0.39, 0.29) is 19.1 Å². The van der Waals surface area contributed by atoms with Gasteiger partial charge in [-0.3, -0.25) is 0 Å². The summed E-state index contributed by atoms with van der Waals surface area (Å²) in [5.74, 6) is -3.13. The number of hydrogen-bond donors (Lipinski definition) is 0. The van der Waals surface area contributed by atoms with Crippen LogP contribution in [0.1, 0.15) is 6.42 Å². The first kappa shape index (κ1) is 35.0. The molecule has 0 rings (SSSR count). The predicted octanol–water partition coefficient (Wildman–Crippen LogP) is 6.01. The van der Waals surface area contributed by atoms with Crippen LogP contribution in [0.3, 0.4) is 0 Å². The number of halogens is 6. The van der Waals surface area contributed by atoms with Crippen molar-refractivity contribution in [3.8, 4) is 0 Å². The topological polar surface area (TPSA) is 80.3 Å². The van der Waals surface area contributed by atoms with Gasteiger partial charge in [0, 0.05) is 18.2 Å². The van der Waals surface area contributed by atoms with Crippen LogP contribution in [0, 0.1) is 0 Å². The highest BCUT2D eigenvalue weighted by molar-refractivity contribution is 6.90. The maximum Gasteiger partial charge on any atom is 0.469 e. The van der Waals surface area contributed by atoms with E-state index in [9.17, 15) is 35.9 Å². The van der Waals surface area contributed by atoms with E-state index in [1.807, 2.05) is 58.9 Å². The Morgan fingerprint density at radius 3 is 1.39 bits per heavy atom. The van der Waals surface area contributed by atoms with E-state index >= 15 is 0 Å². The van der Waals surface area contributed by atoms with Gasteiger partial charge in [0.05, 0.1) is 6.61 Å². The largest absolute Gasteiger partial charge is 0.469 e. The molecule has 7 nitrogen and oxygen atoms in total. The minimum absolute atomic E-state index is 0.142. The third kappa shape index (κ3) is 16.0. The highest BCUT2D eigenvalue weighted by Gasteiger charge is 2.59. The SMILES string of the molecule is C[Si](C)(C)O[Si](CCCOC(=O)C=CC(=O)OC(C(F)(F)F)C(F)(F)F)(O[Si](C)(C)C)O[Si](C)(C)C. The Morgan fingerprint density at radius 2 is 1.06 bits per heavy atom. The molecule has 0 saturated heterocycles. The highest BCUT2D eigenvalue weighted by Crippen LogP contribution is 2.35. The minimum atomic E-state index is -5.85. The molecule has 0 unspecified atom stereocenters. The van der Waals surface area contributed by atoms with Crippen LogP contribution in [0.2, 0.25) is 65.0 Å². The Morgan fingerprint density at radius 1 is 0.694 bits per heavy atom. The zero-order chi connectivity index (χ0) is 28.8. The van der Waals surface area contributed by atoms with Gasteiger partial charge in [0.25, 0.3) is 6.10 Å². The molecule has 0 aliphatic rings. The average molecular weight is 603 g/mol. The normalized spacial score (nSPS) is 14.4. The van der Waals surface area contributed by atoms with E-state index in [2.05, 4.69) is 4.74 Å². The van der Waals surface area contributed by atoms with Crippen LogP contribution >= 0.6 is 0 Å². The molecule has 0 aromatic heterocycles. The number of alkyl halides is 6. The fraction of sp³-hybridized carbons (Fsp3) is 0.789. The Balaban J connectivity index is 5.21. The second-order valence-electron chi connectivity index (χ2n) is 10.8. The number of esters is 2. The Kier molecular flexibility index (Phi) is 12.4. The molecule has 0 fully saturated rings. The standard InChI is InChI=1S/C19H36F6O7Si4/c1-33(2,3)30-36(31-34(4,5)6,32-35(7,8)9)14-10-13-28-15(26)11-12-16(27)29-17(18(20,21)22)19(23,24)25/h11-12,17H,10,13-14H2,1-9H3. The maximum absolute atomic E-state index is 12.5. The molecule has 0 atom stereocenters. The van der Waals surface area contributed by atoms with Gasteiger partial charge in [0.2, 0.25) is 0 Å². The van der Waals surface area contributed by atoms with Crippen molar-refractivity contribution in [3.63, 3.8) is 0 Å². The summed E-state index contributed by atoms with van der Waals surface area (Å²) in [6.45, 7) is 17.9. The average Bonchev–Trinajstić information content (AvgIpc) is 2.55. The molecule has 0 bridgehead atoms. The molecule has 0 heterocycles. The van der Waals surface area contributed by atoms with E-state index in [1.165, 1.54) is 0 Å². The van der Waals surface area contributed by atoms with Gasteiger partial charge in [-0.2, -0.15) is 26.3 Å². The molecule has 0 N–H and O–H groups in total. The molecule has 0 aromatic rings. The zero-order valence-corrected chi connectivity index (χ0v) is 26.0. The van der Waals surface area contributed by atoms with Crippen molar-refractivity contribution in [3.05, 3.63) is 12.2 Å². The van der Waals surface area contributed by atoms with Crippen molar-refractivity contribution < 1.29 is 57.8 Å². The summed E-state index contributed by atoms with van der Waals surface area (Å²) in [5.41, 5.74) is 0. The number of ether oxygens (including phenoxy) is 2. The fourth-order valence-corrected chi connectivity index (χ4v) is 17.4. The van der Waals surface area contributed by atoms with E-state index in [0.29, 0.717) is 12.1 Å². The van der Waals surface area contributed by atoms with Crippen LogP contribution in [-0.4, -0.2) is 70.8 Å². The highest BCUT2D eigenvalue weighted by atomic mass is 28.5. The van der Waals surface area contributed by atoms with Gasteiger partial charge >= 0.3 is 33.1 Å². The summed E-state index contributed by atoms with van der Waals surface area (Å²) < 4.78 is 102.